The predicted molar refractivity (Wildman–Crippen MR) is 68.3 cm³/mol. The molecule has 0 radical (unpaired) electrons. The first kappa shape index (κ1) is 15.1. The summed E-state index contributed by atoms with van der Waals surface area (Å²) in [5.41, 5.74) is 4.46. The van der Waals surface area contributed by atoms with Crippen molar-refractivity contribution >= 4 is 0 Å². The summed E-state index contributed by atoms with van der Waals surface area (Å²) in [5, 5.41) is 9.50. The zero-order valence-corrected chi connectivity index (χ0v) is 11.2. The van der Waals surface area contributed by atoms with Crippen molar-refractivity contribution in [3.8, 4) is 5.75 Å². The highest BCUT2D eigenvalue weighted by molar-refractivity contribution is 5.41. The Morgan fingerprint density at radius 1 is 1.30 bits per heavy atom. The number of halogens is 3. The molecule has 0 heterocycles. The molecule has 0 spiro atoms. The van der Waals surface area contributed by atoms with E-state index in [0.29, 0.717) is 25.7 Å². The van der Waals surface area contributed by atoms with Gasteiger partial charge >= 0.3 is 6.18 Å². The van der Waals surface area contributed by atoms with Gasteiger partial charge in [-0.1, -0.05) is 6.07 Å². The van der Waals surface area contributed by atoms with E-state index in [2.05, 4.69) is 0 Å². The van der Waals surface area contributed by atoms with Crippen LogP contribution in [-0.2, 0) is 11.7 Å². The van der Waals surface area contributed by atoms with E-state index in [1.807, 2.05) is 0 Å². The summed E-state index contributed by atoms with van der Waals surface area (Å²) in [6.07, 6.45) is -3.45. The average Bonchev–Trinajstić information content (AvgIpc) is 2.41. The van der Waals surface area contributed by atoms with E-state index in [9.17, 15) is 18.3 Å². The summed E-state index contributed by atoms with van der Waals surface area (Å²) in [5.74, 6) is 0.153. The van der Waals surface area contributed by atoms with Crippen LogP contribution in [0, 0.1) is 0 Å². The molecule has 0 saturated heterocycles. The topological polar surface area (TPSA) is 55.5 Å². The van der Waals surface area contributed by atoms with Gasteiger partial charge in [-0.05, 0) is 43.4 Å². The van der Waals surface area contributed by atoms with Gasteiger partial charge in [0.25, 0.3) is 0 Å². The lowest BCUT2D eigenvalue weighted by atomic mass is 9.75. The van der Waals surface area contributed by atoms with Gasteiger partial charge in [0.05, 0.1) is 18.8 Å². The van der Waals surface area contributed by atoms with E-state index < -0.39 is 23.4 Å². The Morgan fingerprint density at radius 3 is 2.40 bits per heavy atom. The minimum atomic E-state index is -4.48. The fraction of sp³-hybridized carbons (Fsp3) is 0.571. The molecule has 0 unspecified atom stereocenters. The Labute approximate surface area is 115 Å². The van der Waals surface area contributed by atoms with E-state index >= 15 is 0 Å². The zero-order valence-electron chi connectivity index (χ0n) is 11.2. The maximum absolute atomic E-state index is 13.2. The van der Waals surface area contributed by atoms with Crippen LogP contribution in [0.2, 0.25) is 0 Å². The second-order valence-corrected chi connectivity index (χ2v) is 5.30. The number of methoxy groups -OCH3 is 1. The van der Waals surface area contributed by atoms with Gasteiger partial charge in [0.1, 0.15) is 5.75 Å². The molecule has 0 amide bonds. The first-order chi connectivity index (χ1) is 9.26. The molecule has 0 aromatic heterocycles. The van der Waals surface area contributed by atoms with Crippen LogP contribution in [0.1, 0.15) is 36.8 Å². The molecule has 1 saturated carbocycles. The SMILES string of the molecule is COc1ccc(C2(N)CCC(O)CC2)c(C(F)(F)F)c1. The fourth-order valence-electron chi connectivity index (χ4n) is 2.71. The first-order valence-corrected chi connectivity index (χ1v) is 6.49. The number of ether oxygens (including phenoxy) is 1. The molecule has 2 rings (SSSR count). The van der Waals surface area contributed by atoms with E-state index in [1.54, 1.807) is 0 Å². The van der Waals surface area contributed by atoms with Crippen molar-refractivity contribution in [2.24, 2.45) is 5.73 Å². The van der Waals surface area contributed by atoms with Gasteiger partial charge in [-0.25, -0.2) is 0 Å². The summed E-state index contributed by atoms with van der Waals surface area (Å²) in [7, 11) is 1.32. The number of benzene rings is 1. The first-order valence-electron chi connectivity index (χ1n) is 6.49. The molecule has 112 valence electrons. The Kier molecular flexibility index (Phi) is 3.97. The molecule has 0 bridgehead atoms. The Balaban J connectivity index is 2.45. The summed E-state index contributed by atoms with van der Waals surface area (Å²) in [6, 6.07) is 3.86. The van der Waals surface area contributed by atoms with Crippen molar-refractivity contribution in [3.05, 3.63) is 29.3 Å². The molecule has 1 aliphatic rings. The second-order valence-electron chi connectivity index (χ2n) is 5.30. The Hall–Kier alpha value is -1.27. The van der Waals surface area contributed by atoms with Crippen LogP contribution < -0.4 is 10.5 Å². The maximum Gasteiger partial charge on any atom is 0.416 e. The molecule has 1 aromatic rings. The standard InChI is InChI=1S/C14H18F3NO2/c1-20-10-2-3-11(12(8-10)14(15,16)17)13(18)6-4-9(19)5-7-13/h2-3,8-9,19H,4-7,18H2,1H3. The Morgan fingerprint density at radius 2 is 1.90 bits per heavy atom. The van der Waals surface area contributed by atoms with Crippen LogP contribution in [0.5, 0.6) is 5.75 Å². The van der Waals surface area contributed by atoms with Gasteiger partial charge in [-0.3, -0.25) is 0 Å². The third-order valence-electron chi connectivity index (χ3n) is 3.92. The number of hydrogen-bond donors (Lipinski definition) is 2. The predicted octanol–water partition coefficient (Wildman–Crippen LogP) is 2.80. The number of aliphatic hydroxyl groups excluding tert-OH is 1. The third kappa shape index (κ3) is 2.91. The van der Waals surface area contributed by atoms with E-state index in [1.165, 1.54) is 19.2 Å². The van der Waals surface area contributed by atoms with Crippen LogP contribution in [0.3, 0.4) is 0 Å². The molecule has 6 heteroatoms. The van der Waals surface area contributed by atoms with E-state index in [0.717, 1.165) is 6.07 Å². The van der Waals surface area contributed by atoms with Crippen LogP contribution in [-0.4, -0.2) is 18.3 Å². The van der Waals surface area contributed by atoms with Crippen molar-refractivity contribution in [3.63, 3.8) is 0 Å². The molecule has 3 N–H and O–H groups in total. The van der Waals surface area contributed by atoms with Crippen molar-refractivity contribution < 1.29 is 23.0 Å². The fourth-order valence-corrected chi connectivity index (χ4v) is 2.71. The quantitative estimate of drug-likeness (QED) is 0.880. The van der Waals surface area contributed by atoms with Gasteiger partial charge in [0.15, 0.2) is 0 Å². The molecule has 0 aliphatic heterocycles. The van der Waals surface area contributed by atoms with Gasteiger partial charge in [0, 0.05) is 5.54 Å². The lowest BCUT2D eigenvalue weighted by molar-refractivity contribution is -0.139. The third-order valence-corrected chi connectivity index (χ3v) is 3.92. The molecule has 0 atom stereocenters. The molecular formula is C14H18F3NO2. The summed E-state index contributed by atoms with van der Waals surface area (Å²) < 4.78 is 44.5. The maximum atomic E-state index is 13.2. The van der Waals surface area contributed by atoms with Crippen LogP contribution in [0.25, 0.3) is 0 Å². The number of rotatable bonds is 2. The average molecular weight is 289 g/mol. The second kappa shape index (κ2) is 5.26. The smallest absolute Gasteiger partial charge is 0.416 e. The minimum Gasteiger partial charge on any atom is -0.497 e. The van der Waals surface area contributed by atoms with Gasteiger partial charge in [-0.15, -0.1) is 0 Å². The minimum absolute atomic E-state index is 0.0812. The van der Waals surface area contributed by atoms with Crippen LogP contribution >= 0.6 is 0 Å². The normalized spacial score (nSPS) is 27.4. The largest absolute Gasteiger partial charge is 0.497 e. The summed E-state index contributed by atoms with van der Waals surface area (Å²) in [4.78, 5) is 0. The van der Waals surface area contributed by atoms with Crippen molar-refractivity contribution in [2.75, 3.05) is 7.11 Å². The van der Waals surface area contributed by atoms with Gasteiger partial charge in [0.2, 0.25) is 0 Å². The molecule has 1 fully saturated rings. The highest BCUT2D eigenvalue weighted by Gasteiger charge is 2.41. The van der Waals surface area contributed by atoms with Gasteiger partial charge < -0.3 is 15.6 Å². The highest BCUT2D eigenvalue weighted by Crippen LogP contribution is 2.43. The monoisotopic (exact) mass is 289 g/mol. The van der Waals surface area contributed by atoms with Crippen molar-refractivity contribution in [1.29, 1.82) is 0 Å². The van der Waals surface area contributed by atoms with E-state index in [-0.39, 0.29) is 11.3 Å². The molecule has 20 heavy (non-hydrogen) atoms. The lowest BCUT2D eigenvalue weighted by Gasteiger charge is -2.37. The lowest BCUT2D eigenvalue weighted by Crippen LogP contribution is -2.43. The zero-order chi connectivity index (χ0) is 15.0. The molecule has 1 aliphatic carbocycles. The summed E-state index contributed by atoms with van der Waals surface area (Å²) >= 11 is 0. The van der Waals surface area contributed by atoms with Crippen molar-refractivity contribution in [2.45, 2.75) is 43.5 Å². The highest BCUT2D eigenvalue weighted by atomic mass is 19.4. The molecule has 1 aromatic carbocycles. The molecule has 3 nitrogen and oxygen atoms in total. The molecular weight excluding hydrogens is 271 g/mol. The van der Waals surface area contributed by atoms with Crippen LogP contribution in [0.4, 0.5) is 13.2 Å². The summed E-state index contributed by atoms with van der Waals surface area (Å²) in [6.45, 7) is 0. The van der Waals surface area contributed by atoms with Gasteiger partial charge in [-0.2, -0.15) is 13.2 Å². The van der Waals surface area contributed by atoms with E-state index in [4.69, 9.17) is 10.5 Å². The number of aliphatic hydroxyl groups is 1. The number of nitrogens with two attached hydrogens (primary N) is 1. The Bertz CT molecular complexity index is 480. The number of hydrogen-bond acceptors (Lipinski definition) is 3. The van der Waals surface area contributed by atoms with Crippen LogP contribution in [0.15, 0.2) is 18.2 Å². The van der Waals surface area contributed by atoms with Crippen molar-refractivity contribution in [1.82, 2.24) is 0 Å². The number of alkyl halides is 3.